The summed E-state index contributed by atoms with van der Waals surface area (Å²) in [4.78, 5) is 0. The summed E-state index contributed by atoms with van der Waals surface area (Å²) in [6.07, 6.45) is 1.80. The first-order chi connectivity index (χ1) is 8.43. The molecule has 18 heavy (non-hydrogen) atoms. The zero-order valence-corrected chi connectivity index (χ0v) is 11.7. The first-order valence-electron chi connectivity index (χ1n) is 6.22. The lowest BCUT2D eigenvalue weighted by atomic mass is 10.0. The van der Waals surface area contributed by atoms with Crippen LogP contribution in [-0.2, 0) is 7.05 Å². The maximum Gasteiger partial charge on any atom is 0.0759 e. The first-order valence-corrected chi connectivity index (χ1v) is 6.22. The van der Waals surface area contributed by atoms with Crippen LogP contribution in [0.5, 0.6) is 0 Å². The Labute approximate surface area is 108 Å². The van der Waals surface area contributed by atoms with Gasteiger partial charge in [0, 0.05) is 30.5 Å². The lowest BCUT2D eigenvalue weighted by molar-refractivity contribution is 0.498. The van der Waals surface area contributed by atoms with E-state index in [1.807, 2.05) is 36.3 Å². The maximum absolute atomic E-state index is 6.40. The average Bonchev–Trinajstić information content (AvgIpc) is 2.85. The summed E-state index contributed by atoms with van der Waals surface area (Å²) in [5.41, 5.74) is 10.6. The summed E-state index contributed by atoms with van der Waals surface area (Å²) in [5.74, 6) is 0. The highest BCUT2D eigenvalue weighted by molar-refractivity contribution is 5.34. The van der Waals surface area contributed by atoms with Crippen LogP contribution in [0.2, 0.25) is 0 Å². The van der Waals surface area contributed by atoms with Gasteiger partial charge < -0.3 is 5.73 Å². The van der Waals surface area contributed by atoms with E-state index in [-0.39, 0.29) is 6.04 Å². The molecule has 0 fully saturated rings. The van der Waals surface area contributed by atoms with Crippen molar-refractivity contribution in [1.82, 2.24) is 19.6 Å². The minimum Gasteiger partial charge on any atom is -0.319 e. The highest BCUT2D eigenvalue weighted by Crippen LogP contribution is 2.26. The van der Waals surface area contributed by atoms with Gasteiger partial charge in [0.15, 0.2) is 0 Å². The molecule has 0 aliphatic rings. The lowest BCUT2D eigenvalue weighted by Gasteiger charge is -2.17. The number of rotatable bonds is 3. The predicted octanol–water partition coefficient (Wildman–Crippen LogP) is 1.86. The number of aryl methyl sites for hydroxylation is 2. The van der Waals surface area contributed by atoms with Gasteiger partial charge in [-0.2, -0.15) is 10.2 Å². The number of nitrogens with zero attached hydrogens (tertiary/aromatic N) is 4. The van der Waals surface area contributed by atoms with Gasteiger partial charge in [-0.05, 0) is 33.8 Å². The summed E-state index contributed by atoms with van der Waals surface area (Å²) in [7, 11) is 1.94. The molecular formula is C13H21N5. The Kier molecular flexibility index (Phi) is 3.26. The molecule has 2 N–H and O–H groups in total. The van der Waals surface area contributed by atoms with Gasteiger partial charge in [0.2, 0.25) is 0 Å². The van der Waals surface area contributed by atoms with E-state index < -0.39 is 0 Å². The average molecular weight is 247 g/mol. The highest BCUT2D eigenvalue weighted by atomic mass is 15.3. The highest BCUT2D eigenvalue weighted by Gasteiger charge is 2.21. The van der Waals surface area contributed by atoms with E-state index in [1.165, 1.54) is 0 Å². The largest absolute Gasteiger partial charge is 0.319 e. The Balaban J connectivity index is 2.48. The van der Waals surface area contributed by atoms with Crippen molar-refractivity contribution in [1.29, 1.82) is 0 Å². The molecule has 1 unspecified atom stereocenters. The molecule has 2 rings (SSSR count). The molecule has 0 amide bonds. The van der Waals surface area contributed by atoms with Gasteiger partial charge in [-0.15, -0.1) is 0 Å². The SMILES string of the molecule is Cc1nn(C)c(C)c1C(N)c1ccnn1C(C)C. The molecule has 0 aliphatic heterocycles. The smallest absolute Gasteiger partial charge is 0.0759 e. The Hall–Kier alpha value is -1.62. The summed E-state index contributed by atoms with van der Waals surface area (Å²) in [5, 5.41) is 8.76. The zero-order chi connectivity index (χ0) is 13.4. The second-order valence-electron chi connectivity index (χ2n) is 4.98. The lowest BCUT2D eigenvalue weighted by Crippen LogP contribution is -2.20. The fraction of sp³-hybridized carbons (Fsp3) is 0.538. The minimum atomic E-state index is -0.177. The Bertz CT molecular complexity index is 550. The van der Waals surface area contributed by atoms with Crippen LogP contribution < -0.4 is 5.73 Å². The molecule has 0 saturated heterocycles. The van der Waals surface area contributed by atoms with E-state index in [0.717, 1.165) is 22.6 Å². The van der Waals surface area contributed by atoms with Gasteiger partial charge in [-0.3, -0.25) is 9.36 Å². The number of hydrogen-bond donors (Lipinski definition) is 1. The molecule has 0 bridgehead atoms. The second kappa shape index (κ2) is 4.57. The van der Waals surface area contributed by atoms with Crippen molar-refractivity contribution in [3.8, 4) is 0 Å². The quantitative estimate of drug-likeness (QED) is 0.900. The van der Waals surface area contributed by atoms with Crippen LogP contribution >= 0.6 is 0 Å². The Morgan fingerprint density at radius 3 is 2.44 bits per heavy atom. The van der Waals surface area contributed by atoms with E-state index in [4.69, 9.17) is 5.73 Å². The summed E-state index contributed by atoms with van der Waals surface area (Å²) in [6.45, 7) is 8.25. The van der Waals surface area contributed by atoms with Crippen molar-refractivity contribution in [3.63, 3.8) is 0 Å². The van der Waals surface area contributed by atoms with Crippen LogP contribution in [-0.4, -0.2) is 19.6 Å². The van der Waals surface area contributed by atoms with E-state index >= 15 is 0 Å². The molecule has 2 heterocycles. The van der Waals surface area contributed by atoms with Crippen LogP contribution in [0.15, 0.2) is 12.3 Å². The summed E-state index contributed by atoms with van der Waals surface area (Å²) >= 11 is 0. The molecule has 98 valence electrons. The second-order valence-corrected chi connectivity index (χ2v) is 4.98. The monoisotopic (exact) mass is 247 g/mol. The molecule has 2 aromatic heterocycles. The fourth-order valence-electron chi connectivity index (χ4n) is 2.39. The number of hydrogen-bond acceptors (Lipinski definition) is 3. The number of aromatic nitrogens is 4. The number of nitrogens with two attached hydrogens (primary N) is 1. The zero-order valence-electron chi connectivity index (χ0n) is 11.7. The van der Waals surface area contributed by atoms with Gasteiger partial charge in [-0.25, -0.2) is 0 Å². The maximum atomic E-state index is 6.40. The van der Waals surface area contributed by atoms with Crippen molar-refractivity contribution in [3.05, 3.63) is 34.9 Å². The molecule has 0 spiro atoms. The van der Waals surface area contributed by atoms with Crippen molar-refractivity contribution in [2.24, 2.45) is 12.8 Å². The van der Waals surface area contributed by atoms with E-state index in [9.17, 15) is 0 Å². The third-order valence-electron chi connectivity index (χ3n) is 3.38. The van der Waals surface area contributed by atoms with Crippen molar-refractivity contribution < 1.29 is 0 Å². The molecular weight excluding hydrogens is 226 g/mol. The standard InChI is InChI=1S/C13H21N5/c1-8(2)18-11(6-7-15-18)13(14)12-9(3)16-17(5)10(12)4/h6-8,13H,14H2,1-5H3. The third-order valence-corrected chi connectivity index (χ3v) is 3.38. The van der Waals surface area contributed by atoms with E-state index in [2.05, 4.69) is 24.0 Å². The fourth-order valence-corrected chi connectivity index (χ4v) is 2.39. The van der Waals surface area contributed by atoms with Gasteiger partial charge in [-0.1, -0.05) is 0 Å². The van der Waals surface area contributed by atoms with E-state index in [0.29, 0.717) is 6.04 Å². The van der Waals surface area contributed by atoms with Gasteiger partial charge in [0.25, 0.3) is 0 Å². The van der Waals surface area contributed by atoms with Crippen molar-refractivity contribution >= 4 is 0 Å². The molecule has 0 radical (unpaired) electrons. The molecule has 5 nitrogen and oxygen atoms in total. The molecule has 0 aliphatic carbocycles. The molecule has 1 atom stereocenters. The third kappa shape index (κ3) is 1.95. The van der Waals surface area contributed by atoms with Gasteiger partial charge in [0.1, 0.15) is 0 Å². The van der Waals surface area contributed by atoms with Crippen molar-refractivity contribution in [2.75, 3.05) is 0 Å². The first kappa shape index (κ1) is 12.8. The van der Waals surface area contributed by atoms with Crippen LogP contribution in [0.1, 0.15) is 48.6 Å². The molecule has 2 aromatic rings. The summed E-state index contributed by atoms with van der Waals surface area (Å²) in [6, 6.07) is 2.11. The summed E-state index contributed by atoms with van der Waals surface area (Å²) < 4.78 is 3.84. The van der Waals surface area contributed by atoms with Crippen LogP contribution in [0, 0.1) is 13.8 Å². The Morgan fingerprint density at radius 1 is 1.28 bits per heavy atom. The van der Waals surface area contributed by atoms with Crippen LogP contribution in [0.3, 0.4) is 0 Å². The Morgan fingerprint density at radius 2 is 1.94 bits per heavy atom. The molecule has 5 heteroatoms. The van der Waals surface area contributed by atoms with Gasteiger partial charge in [0.05, 0.1) is 17.4 Å². The normalized spacial score (nSPS) is 13.3. The minimum absolute atomic E-state index is 0.177. The molecule has 0 aromatic carbocycles. The van der Waals surface area contributed by atoms with E-state index in [1.54, 1.807) is 6.20 Å². The molecule has 0 saturated carbocycles. The van der Waals surface area contributed by atoms with Gasteiger partial charge >= 0.3 is 0 Å². The van der Waals surface area contributed by atoms with Crippen LogP contribution in [0.25, 0.3) is 0 Å². The van der Waals surface area contributed by atoms with Crippen LogP contribution in [0.4, 0.5) is 0 Å². The predicted molar refractivity (Wildman–Crippen MR) is 71.3 cm³/mol. The van der Waals surface area contributed by atoms with Crippen molar-refractivity contribution in [2.45, 2.75) is 39.8 Å². The topological polar surface area (TPSA) is 61.7 Å².